The van der Waals surface area contributed by atoms with Crippen molar-refractivity contribution in [3.63, 3.8) is 0 Å². The van der Waals surface area contributed by atoms with Crippen molar-refractivity contribution in [3.8, 4) is 0 Å². The second kappa shape index (κ2) is 6.72. The summed E-state index contributed by atoms with van der Waals surface area (Å²) in [5, 5.41) is 8.67. The van der Waals surface area contributed by atoms with E-state index in [1.165, 1.54) is 37.9 Å². The van der Waals surface area contributed by atoms with Crippen LogP contribution in [-0.2, 0) is 0 Å². The highest BCUT2D eigenvalue weighted by Gasteiger charge is 2.19. The van der Waals surface area contributed by atoms with Crippen molar-refractivity contribution in [1.82, 2.24) is 0 Å². The van der Waals surface area contributed by atoms with Crippen LogP contribution in [-0.4, -0.2) is 23.2 Å². The molecule has 2 heteroatoms. The molecule has 1 aliphatic carbocycles. The lowest BCUT2D eigenvalue weighted by Crippen LogP contribution is -2.17. The zero-order valence-electron chi connectivity index (χ0n) is 8.67. The number of rotatable bonds is 5. The molecule has 0 heterocycles. The Labute approximate surface area is 86.3 Å². The first kappa shape index (κ1) is 11.4. The molecule has 1 N–H and O–H groups in total. The SMILES string of the molecule is CC(CSCCO)C1CCCCC1. The van der Waals surface area contributed by atoms with E-state index in [9.17, 15) is 0 Å². The largest absolute Gasteiger partial charge is 0.396 e. The van der Waals surface area contributed by atoms with E-state index in [-0.39, 0.29) is 0 Å². The molecule has 0 amide bonds. The predicted molar refractivity (Wildman–Crippen MR) is 60.1 cm³/mol. The average Bonchev–Trinajstić information content (AvgIpc) is 2.19. The Kier molecular flexibility index (Phi) is 5.88. The molecule has 1 unspecified atom stereocenters. The van der Waals surface area contributed by atoms with Crippen molar-refractivity contribution >= 4 is 11.8 Å². The zero-order valence-corrected chi connectivity index (χ0v) is 9.48. The highest BCUT2D eigenvalue weighted by molar-refractivity contribution is 7.99. The minimum Gasteiger partial charge on any atom is -0.396 e. The van der Waals surface area contributed by atoms with Crippen LogP contribution in [0.4, 0.5) is 0 Å². The first-order valence-electron chi connectivity index (χ1n) is 5.53. The molecular formula is C11H22OS. The maximum absolute atomic E-state index is 8.67. The summed E-state index contributed by atoms with van der Waals surface area (Å²) in [5.41, 5.74) is 0. The highest BCUT2D eigenvalue weighted by Crippen LogP contribution is 2.31. The standard InChI is InChI=1S/C11H22OS/c1-10(9-13-8-7-12)11-5-3-2-4-6-11/h10-12H,2-9H2,1H3. The maximum atomic E-state index is 8.67. The Hall–Kier alpha value is 0.310. The fourth-order valence-electron chi connectivity index (χ4n) is 2.17. The van der Waals surface area contributed by atoms with Crippen LogP contribution in [0.2, 0.25) is 0 Å². The Morgan fingerprint density at radius 2 is 2.00 bits per heavy atom. The third-order valence-electron chi connectivity index (χ3n) is 3.07. The molecule has 0 aromatic carbocycles. The van der Waals surface area contributed by atoms with Crippen LogP contribution in [0.5, 0.6) is 0 Å². The molecule has 78 valence electrons. The Morgan fingerprint density at radius 1 is 1.31 bits per heavy atom. The number of aliphatic hydroxyl groups excluding tert-OH is 1. The third-order valence-corrected chi connectivity index (χ3v) is 4.30. The smallest absolute Gasteiger partial charge is 0.0521 e. The minimum absolute atomic E-state index is 0.335. The van der Waals surface area contributed by atoms with Gasteiger partial charge in [0.1, 0.15) is 0 Å². The van der Waals surface area contributed by atoms with E-state index in [4.69, 9.17) is 5.11 Å². The molecular weight excluding hydrogens is 180 g/mol. The van der Waals surface area contributed by atoms with E-state index in [1.807, 2.05) is 11.8 Å². The van der Waals surface area contributed by atoms with E-state index >= 15 is 0 Å². The van der Waals surface area contributed by atoms with Crippen LogP contribution in [0.1, 0.15) is 39.0 Å². The molecule has 0 bridgehead atoms. The Balaban J connectivity index is 2.09. The van der Waals surface area contributed by atoms with Gasteiger partial charge in [-0.3, -0.25) is 0 Å². The van der Waals surface area contributed by atoms with Gasteiger partial charge in [0.2, 0.25) is 0 Å². The van der Waals surface area contributed by atoms with Crippen molar-refractivity contribution in [2.24, 2.45) is 11.8 Å². The van der Waals surface area contributed by atoms with Crippen LogP contribution in [0.3, 0.4) is 0 Å². The first-order valence-corrected chi connectivity index (χ1v) is 6.68. The van der Waals surface area contributed by atoms with Crippen molar-refractivity contribution < 1.29 is 5.11 Å². The van der Waals surface area contributed by atoms with Gasteiger partial charge in [0, 0.05) is 5.75 Å². The molecule has 0 saturated heterocycles. The van der Waals surface area contributed by atoms with E-state index in [0.717, 1.165) is 17.6 Å². The minimum atomic E-state index is 0.335. The van der Waals surface area contributed by atoms with Gasteiger partial charge in [0.15, 0.2) is 0 Å². The number of hydrogen-bond acceptors (Lipinski definition) is 2. The molecule has 0 aliphatic heterocycles. The lowest BCUT2D eigenvalue weighted by Gasteiger charge is -2.27. The Morgan fingerprint density at radius 3 is 2.62 bits per heavy atom. The molecule has 0 spiro atoms. The monoisotopic (exact) mass is 202 g/mol. The van der Waals surface area contributed by atoms with Crippen LogP contribution >= 0.6 is 11.8 Å². The van der Waals surface area contributed by atoms with Gasteiger partial charge in [0.25, 0.3) is 0 Å². The Bertz CT molecular complexity index is 121. The van der Waals surface area contributed by atoms with Crippen LogP contribution < -0.4 is 0 Å². The summed E-state index contributed by atoms with van der Waals surface area (Å²) in [5.74, 6) is 3.99. The molecule has 1 nitrogen and oxygen atoms in total. The summed E-state index contributed by atoms with van der Waals surface area (Å²) >= 11 is 1.90. The van der Waals surface area contributed by atoms with E-state index in [1.54, 1.807) is 0 Å². The summed E-state index contributed by atoms with van der Waals surface area (Å²) in [7, 11) is 0. The van der Waals surface area contributed by atoms with Crippen molar-refractivity contribution in [1.29, 1.82) is 0 Å². The highest BCUT2D eigenvalue weighted by atomic mass is 32.2. The summed E-state index contributed by atoms with van der Waals surface area (Å²) in [6, 6.07) is 0. The molecule has 1 fully saturated rings. The number of hydrogen-bond donors (Lipinski definition) is 1. The lowest BCUT2D eigenvalue weighted by atomic mass is 9.82. The van der Waals surface area contributed by atoms with E-state index < -0.39 is 0 Å². The molecule has 1 saturated carbocycles. The van der Waals surface area contributed by atoms with Gasteiger partial charge in [-0.15, -0.1) is 0 Å². The normalized spacial score (nSPS) is 21.7. The summed E-state index contributed by atoms with van der Waals surface area (Å²) in [6.45, 7) is 2.71. The van der Waals surface area contributed by atoms with Crippen molar-refractivity contribution in [2.75, 3.05) is 18.1 Å². The molecule has 0 aromatic heterocycles. The van der Waals surface area contributed by atoms with Gasteiger partial charge in [-0.25, -0.2) is 0 Å². The molecule has 1 atom stereocenters. The fraction of sp³-hybridized carbons (Fsp3) is 1.00. The van der Waals surface area contributed by atoms with Crippen LogP contribution in [0.25, 0.3) is 0 Å². The van der Waals surface area contributed by atoms with Crippen LogP contribution in [0, 0.1) is 11.8 Å². The fourth-order valence-corrected chi connectivity index (χ4v) is 3.11. The van der Waals surface area contributed by atoms with Gasteiger partial charge in [-0.2, -0.15) is 11.8 Å². The topological polar surface area (TPSA) is 20.2 Å². The van der Waals surface area contributed by atoms with Gasteiger partial charge >= 0.3 is 0 Å². The maximum Gasteiger partial charge on any atom is 0.0521 e. The van der Waals surface area contributed by atoms with Crippen molar-refractivity contribution in [3.05, 3.63) is 0 Å². The van der Waals surface area contributed by atoms with Gasteiger partial charge < -0.3 is 5.11 Å². The lowest BCUT2D eigenvalue weighted by molar-refractivity contribution is 0.282. The quantitative estimate of drug-likeness (QED) is 0.692. The van der Waals surface area contributed by atoms with E-state index in [0.29, 0.717) is 6.61 Å². The average molecular weight is 202 g/mol. The van der Waals surface area contributed by atoms with E-state index in [2.05, 4.69) is 6.92 Å². The third kappa shape index (κ3) is 4.37. The number of thioether (sulfide) groups is 1. The van der Waals surface area contributed by atoms with Crippen LogP contribution in [0.15, 0.2) is 0 Å². The zero-order chi connectivity index (χ0) is 9.52. The molecule has 1 aliphatic rings. The molecule has 1 rings (SSSR count). The molecule has 0 aromatic rings. The van der Waals surface area contributed by atoms with Gasteiger partial charge in [-0.05, 0) is 17.6 Å². The second-order valence-electron chi connectivity index (χ2n) is 4.17. The second-order valence-corrected chi connectivity index (χ2v) is 5.32. The van der Waals surface area contributed by atoms with Crippen molar-refractivity contribution in [2.45, 2.75) is 39.0 Å². The van der Waals surface area contributed by atoms with Gasteiger partial charge in [0.05, 0.1) is 6.61 Å². The molecule has 0 radical (unpaired) electrons. The summed E-state index contributed by atoms with van der Waals surface area (Å²) in [4.78, 5) is 0. The predicted octanol–water partition coefficient (Wildman–Crippen LogP) is 2.93. The van der Waals surface area contributed by atoms with Gasteiger partial charge in [-0.1, -0.05) is 39.0 Å². The first-order chi connectivity index (χ1) is 6.34. The summed E-state index contributed by atoms with van der Waals surface area (Å²) in [6.07, 6.45) is 7.23. The summed E-state index contributed by atoms with van der Waals surface area (Å²) < 4.78 is 0. The number of aliphatic hydroxyl groups is 1. The molecule has 13 heavy (non-hydrogen) atoms.